The molecule has 1 rings (SSSR count). The number of rotatable bonds is 1. The van der Waals surface area contributed by atoms with Gasteiger partial charge in [-0.25, -0.2) is 9.18 Å². The third kappa shape index (κ3) is 4.33. The summed E-state index contributed by atoms with van der Waals surface area (Å²) in [5.41, 5.74) is -0.401. The van der Waals surface area contributed by atoms with Crippen LogP contribution in [0.3, 0.4) is 0 Å². The second-order valence-corrected chi connectivity index (χ2v) is 2.93. The minimum absolute atomic E-state index is 0.401. The number of carbonyl (C=O) groups excluding carboxylic acids is 1. The van der Waals surface area contributed by atoms with Gasteiger partial charge in [-0.15, -0.1) is 13.2 Å². The van der Waals surface area contributed by atoms with Gasteiger partial charge in [0.2, 0.25) is 0 Å². The summed E-state index contributed by atoms with van der Waals surface area (Å²) in [6, 6.07) is 2.28. The number of benzene rings is 1. The molecule has 0 N–H and O–H groups in total. The summed E-state index contributed by atoms with van der Waals surface area (Å²) in [4.78, 5) is 10.7. The van der Waals surface area contributed by atoms with E-state index in [2.05, 4.69) is 9.47 Å². The molecule has 0 aliphatic carbocycles. The summed E-state index contributed by atoms with van der Waals surface area (Å²) >= 11 is 0. The van der Waals surface area contributed by atoms with Crippen LogP contribution in [0.15, 0.2) is 18.2 Å². The lowest BCUT2D eigenvalue weighted by Gasteiger charge is -2.08. The summed E-state index contributed by atoms with van der Waals surface area (Å²) in [6.45, 7) is 0. The number of alkyl halides is 3. The Morgan fingerprint density at radius 3 is 2.56 bits per heavy atom. The van der Waals surface area contributed by atoms with Crippen LogP contribution in [-0.4, -0.2) is 19.4 Å². The monoisotopic (exact) mass is 262 g/mol. The van der Waals surface area contributed by atoms with Crippen molar-refractivity contribution >= 4 is 5.97 Å². The van der Waals surface area contributed by atoms with E-state index in [4.69, 9.17) is 0 Å². The Morgan fingerprint density at radius 2 is 2.00 bits per heavy atom. The van der Waals surface area contributed by atoms with Gasteiger partial charge in [0.15, 0.2) is 0 Å². The first kappa shape index (κ1) is 13.8. The molecule has 0 saturated carbocycles. The SMILES string of the molecule is COC(=O)C#Cc1cc(OC(F)(F)F)ccc1F. The van der Waals surface area contributed by atoms with E-state index in [0.717, 1.165) is 25.3 Å². The summed E-state index contributed by atoms with van der Waals surface area (Å²) in [5, 5.41) is 0. The van der Waals surface area contributed by atoms with Crippen molar-refractivity contribution in [2.75, 3.05) is 7.11 Å². The molecular weight excluding hydrogens is 256 g/mol. The van der Waals surface area contributed by atoms with Gasteiger partial charge >= 0.3 is 12.3 Å². The van der Waals surface area contributed by atoms with Crippen molar-refractivity contribution in [1.82, 2.24) is 0 Å². The molecule has 3 nitrogen and oxygen atoms in total. The first-order valence-corrected chi connectivity index (χ1v) is 4.47. The van der Waals surface area contributed by atoms with Crippen LogP contribution >= 0.6 is 0 Å². The van der Waals surface area contributed by atoms with Gasteiger partial charge in [-0.1, -0.05) is 5.92 Å². The van der Waals surface area contributed by atoms with Crippen LogP contribution in [0.25, 0.3) is 0 Å². The highest BCUT2D eigenvalue weighted by Gasteiger charge is 2.31. The maximum absolute atomic E-state index is 13.2. The van der Waals surface area contributed by atoms with Gasteiger partial charge in [-0.05, 0) is 18.2 Å². The maximum Gasteiger partial charge on any atom is 0.573 e. The molecule has 0 aliphatic rings. The van der Waals surface area contributed by atoms with E-state index < -0.39 is 29.5 Å². The second-order valence-electron chi connectivity index (χ2n) is 2.93. The van der Waals surface area contributed by atoms with E-state index in [1.165, 1.54) is 0 Å². The highest BCUT2D eigenvalue weighted by atomic mass is 19.4. The zero-order valence-electron chi connectivity index (χ0n) is 8.97. The third-order valence-corrected chi connectivity index (χ3v) is 1.66. The number of hydrogen-bond donors (Lipinski definition) is 0. The molecule has 18 heavy (non-hydrogen) atoms. The molecule has 0 aliphatic heterocycles. The molecule has 0 bridgehead atoms. The van der Waals surface area contributed by atoms with Crippen LogP contribution in [0.1, 0.15) is 5.56 Å². The number of methoxy groups -OCH3 is 1. The lowest BCUT2D eigenvalue weighted by Crippen LogP contribution is -2.17. The summed E-state index contributed by atoms with van der Waals surface area (Å²) in [6.07, 6.45) is -4.88. The largest absolute Gasteiger partial charge is 0.573 e. The molecule has 0 amide bonds. The molecule has 0 heterocycles. The van der Waals surface area contributed by atoms with Crippen LogP contribution in [-0.2, 0) is 9.53 Å². The molecule has 0 spiro atoms. The van der Waals surface area contributed by atoms with Gasteiger partial charge < -0.3 is 9.47 Å². The fourth-order valence-electron chi connectivity index (χ4n) is 0.967. The lowest BCUT2D eigenvalue weighted by molar-refractivity contribution is -0.274. The Labute approximate surface area is 99.3 Å². The minimum Gasteiger partial charge on any atom is -0.459 e. The molecule has 0 unspecified atom stereocenters. The Bertz CT molecular complexity index is 511. The van der Waals surface area contributed by atoms with E-state index in [1.54, 1.807) is 0 Å². The molecule has 0 aromatic heterocycles. The van der Waals surface area contributed by atoms with Crippen molar-refractivity contribution in [2.24, 2.45) is 0 Å². The Morgan fingerprint density at radius 1 is 1.33 bits per heavy atom. The molecule has 96 valence electrons. The molecule has 0 radical (unpaired) electrons. The van der Waals surface area contributed by atoms with Crippen molar-refractivity contribution < 1.29 is 31.8 Å². The lowest BCUT2D eigenvalue weighted by atomic mass is 10.2. The van der Waals surface area contributed by atoms with E-state index in [-0.39, 0.29) is 0 Å². The minimum atomic E-state index is -4.88. The van der Waals surface area contributed by atoms with E-state index in [1.807, 2.05) is 11.8 Å². The van der Waals surface area contributed by atoms with Crippen molar-refractivity contribution in [1.29, 1.82) is 0 Å². The number of esters is 1. The number of carbonyl (C=O) groups is 1. The average Bonchev–Trinajstić information content (AvgIpc) is 2.27. The van der Waals surface area contributed by atoms with E-state index in [0.29, 0.717) is 0 Å². The van der Waals surface area contributed by atoms with Gasteiger partial charge in [0.05, 0.1) is 12.7 Å². The molecule has 0 fully saturated rings. The second kappa shape index (κ2) is 5.40. The Kier molecular flexibility index (Phi) is 4.15. The zero-order chi connectivity index (χ0) is 13.8. The topological polar surface area (TPSA) is 35.5 Å². The molecule has 0 saturated heterocycles. The van der Waals surface area contributed by atoms with Gasteiger partial charge in [0.1, 0.15) is 11.6 Å². The van der Waals surface area contributed by atoms with Crippen LogP contribution in [0.2, 0.25) is 0 Å². The summed E-state index contributed by atoms with van der Waals surface area (Å²) < 4.78 is 56.7. The van der Waals surface area contributed by atoms with Crippen LogP contribution in [0, 0.1) is 17.7 Å². The highest BCUT2D eigenvalue weighted by molar-refractivity contribution is 5.89. The smallest absolute Gasteiger partial charge is 0.459 e. The quantitative estimate of drug-likeness (QED) is 0.442. The molecule has 1 aromatic carbocycles. The van der Waals surface area contributed by atoms with Gasteiger partial charge in [0, 0.05) is 5.92 Å². The molecule has 1 aromatic rings. The third-order valence-electron chi connectivity index (χ3n) is 1.66. The van der Waals surface area contributed by atoms with Crippen molar-refractivity contribution in [3.05, 3.63) is 29.6 Å². The fraction of sp³-hybridized carbons (Fsp3) is 0.182. The normalized spacial score (nSPS) is 10.3. The van der Waals surface area contributed by atoms with Crippen molar-refractivity contribution in [2.45, 2.75) is 6.36 Å². The van der Waals surface area contributed by atoms with E-state index in [9.17, 15) is 22.4 Å². The van der Waals surface area contributed by atoms with Gasteiger partial charge in [-0.2, -0.15) is 0 Å². The Balaban J connectivity index is 3.01. The standard InChI is InChI=1S/C11H6F4O3/c1-17-10(16)5-2-7-6-8(3-4-9(7)12)18-11(13,14)15/h3-4,6H,1H3. The summed E-state index contributed by atoms with van der Waals surface area (Å²) in [5.74, 6) is 1.50. The zero-order valence-corrected chi connectivity index (χ0v) is 8.97. The van der Waals surface area contributed by atoms with Crippen molar-refractivity contribution in [3.63, 3.8) is 0 Å². The predicted molar refractivity (Wildman–Crippen MR) is 52.0 cm³/mol. The maximum atomic E-state index is 13.2. The fourth-order valence-corrected chi connectivity index (χ4v) is 0.967. The first-order chi connectivity index (χ1) is 8.31. The average molecular weight is 262 g/mol. The highest BCUT2D eigenvalue weighted by Crippen LogP contribution is 2.24. The van der Waals surface area contributed by atoms with Crippen molar-refractivity contribution in [3.8, 4) is 17.6 Å². The molecule has 0 atom stereocenters. The van der Waals surface area contributed by atoms with Gasteiger partial charge in [0.25, 0.3) is 0 Å². The van der Waals surface area contributed by atoms with Crippen LogP contribution in [0.4, 0.5) is 17.6 Å². The number of halogens is 4. The molecule has 7 heteroatoms. The molecular formula is C11H6F4O3. The number of ether oxygens (including phenoxy) is 2. The predicted octanol–water partition coefficient (Wildman–Crippen LogP) is 2.25. The van der Waals surface area contributed by atoms with Crippen LogP contribution < -0.4 is 4.74 Å². The summed E-state index contributed by atoms with van der Waals surface area (Å²) in [7, 11) is 1.07. The van der Waals surface area contributed by atoms with Crippen LogP contribution in [0.5, 0.6) is 5.75 Å². The van der Waals surface area contributed by atoms with E-state index >= 15 is 0 Å². The van der Waals surface area contributed by atoms with Gasteiger partial charge in [-0.3, -0.25) is 0 Å². The number of hydrogen-bond acceptors (Lipinski definition) is 3. The first-order valence-electron chi connectivity index (χ1n) is 4.47. The Hall–Kier alpha value is -2.23.